The van der Waals surface area contributed by atoms with Gasteiger partial charge in [-0.05, 0) is 17.3 Å². The van der Waals surface area contributed by atoms with Gasteiger partial charge in [-0.2, -0.15) is 0 Å². The zero-order valence-electron chi connectivity index (χ0n) is 5.58. The van der Waals surface area contributed by atoms with E-state index in [-0.39, 0.29) is 0 Å². The van der Waals surface area contributed by atoms with Crippen molar-refractivity contribution in [3.63, 3.8) is 0 Å². The zero-order chi connectivity index (χ0) is 6.83. The van der Waals surface area contributed by atoms with Gasteiger partial charge < -0.3 is 0 Å². The van der Waals surface area contributed by atoms with Gasteiger partial charge in [-0.25, -0.2) is 0 Å². The second-order valence-electron chi connectivity index (χ2n) is 1.38. The van der Waals surface area contributed by atoms with Crippen molar-refractivity contribution in [3.05, 3.63) is 0 Å². The maximum absolute atomic E-state index is 3.25. The molecule has 8 heavy (non-hydrogen) atoms. The number of alkyl halides is 2. The molecule has 0 aromatic carbocycles. The zero-order valence-corrected chi connectivity index (χ0v) is 9.33. The molecule has 0 saturated heterocycles. The summed E-state index contributed by atoms with van der Waals surface area (Å²) in [5.74, 6) is 0. The van der Waals surface area contributed by atoms with E-state index in [1.165, 1.54) is 17.3 Å². The first-order valence-electron chi connectivity index (χ1n) is 2.95. The van der Waals surface area contributed by atoms with Gasteiger partial charge in [-0.3, -0.25) is 0 Å². The third-order valence-corrected chi connectivity index (χ3v) is 2.25. The predicted molar refractivity (Wildman–Crippen MR) is 53.3 cm³/mol. The summed E-state index contributed by atoms with van der Waals surface area (Å²) in [7, 11) is 0. The van der Waals surface area contributed by atoms with Gasteiger partial charge in [0.1, 0.15) is 0 Å². The normalized spacial score (nSPS) is 7.50. The molecule has 0 radical (unpaired) electrons. The Labute approximate surface area is 74.7 Å². The average molecular weight is 293 g/mol. The lowest BCUT2D eigenvalue weighted by molar-refractivity contribution is 1.12. The highest BCUT2D eigenvalue weighted by atomic mass is 127. The minimum Gasteiger partial charge on any atom is -0.0928 e. The standard InChI is InChI=1S/C3H7Br.C3H7I/c2*1-2-3-4/h2*2-3H2,1H3. The minimum absolute atomic E-state index is 1.13. The van der Waals surface area contributed by atoms with E-state index in [4.69, 9.17) is 0 Å². The fourth-order valence-electron chi connectivity index (χ4n) is 0. The molecule has 0 heterocycles. The van der Waals surface area contributed by atoms with E-state index in [0.717, 1.165) is 5.33 Å². The lowest BCUT2D eigenvalue weighted by Gasteiger charge is -1.66. The number of halogens is 2. The Kier molecular flexibility index (Phi) is 23.5. The van der Waals surface area contributed by atoms with E-state index in [0.29, 0.717) is 0 Å². The van der Waals surface area contributed by atoms with Crippen LogP contribution in [0.4, 0.5) is 0 Å². The monoisotopic (exact) mass is 292 g/mol. The predicted octanol–water partition coefficient (Wildman–Crippen LogP) is 3.62. The van der Waals surface area contributed by atoms with Crippen LogP contribution in [0.3, 0.4) is 0 Å². The molecule has 0 unspecified atom stereocenters. The molecule has 0 spiro atoms. The van der Waals surface area contributed by atoms with Gasteiger partial charge in [0.05, 0.1) is 0 Å². The average Bonchev–Trinajstić information content (AvgIpc) is 1.88. The van der Waals surface area contributed by atoms with E-state index in [2.05, 4.69) is 52.4 Å². The van der Waals surface area contributed by atoms with E-state index < -0.39 is 0 Å². The first kappa shape index (κ1) is 11.9. The Morgan fingerprint density at radius 2 is 1.50 bits per heavy atom. The molecular weight excluding hydrogens is 279 g/mol. The van der Waals surface area contributed by atoms with Crippen molar-refractivity contribution in [2.45, 2.75) is 26.7 Å². The summed E-state index contributed by atoms with van der Waals surface area (Å²) in [6, 6.07) is 0. The van der Waals surface area contributed by atoms with Crippen LogP contribution in [0.15, 0.2) is 0 Å². The van der Waals surface area contributed by atoms with Gasteiger partial charge in [-0.15, -0.1) is 0 Å². The smallest absolute Gasteiger partial charge is 0.00286 e. The van der Waals surface area contributed by atoms with Crippen molar-refractivity contribution < 1.29 is 0 Å². The van der Waals surface area contributed by atoms with Gasteiger partial charge in [0, 0.05) is 5.33 Å². The quantitative estimate of drug-likeness (QED) is 0.539. The van der Waals surface area contributed by atoms with Gasteiger partial charge in [-0.1, -0.05) is 52.4 Å². The Hall–Kier alpha value is 1.21. The van der Waals surface area contributed by atoms with Crippen LogP contribution in [-0.4, -0.2) is 9.76 Å². The Morgan fingerprint density at radius 1 is 1.25 bits per heavy atom. The van der Waals surface area contributed by atoms with Gasteiger partial charge in [0.15, 0.2) is 0 Å². The van der Waals surface area contributed by atoms with Gasteiger partial charge in [0.2, 0.25) is 0 Å². The Bertz CT molecular complexity index is 16.5. The van der Waals surface area contributed by atoms with Crippen LogP contribution in [0.5, 0.6) is 0 Å². The number of hydrogen-bond donors (Lipinski definition) is 0. The van der Waals surface area contributed by atoms with Gasteiger partial charge in [0.25, 0.3) is 0 Å². The molecule has 0 bridgehead atoms. The summed E-state index contributed by atoms with van der Waals surface area (Å²) >= 11 is 5.60. The van der Waals surface area contributed by atoms with Crippen LogP contribution in [0, 0.1) is 0 Å². The van der Waals surface area contributed by atoms with E-state index in [9.17, 15) is 0 Å². The molecule has 0 nitrogen and oxygen atoms in total. The summed E-state index contributed by atoms with van der Waals surface area (Å²) < 4.78 is 1.29. The minimum atomic E-state index is 1.13. The van der Waals surface area contributed by atoms with Crippen molar-refractivity contribution in [1.82, 2.24) is 0 Å². The molecule has 0 aliphatic carbocycles. The first-order chi connectivity index (χ1) is 3.83. The summed E-state index contributed by atoms with van der Waals surface area (Å²) in [6.45, 7) is 4.31. The fraction of sp³-hybridized carbons (Fsp3) is 1.00. The largest absolute Gasteiger partial charge is 0.0928 e. The Balaban J connectivity index is 0. The SMILES string of the molecule is CCCBr.CCCI. The summed E-state index contributed by atoms with van der Waals surface area (Å²) in [5.41, 5.74) is 0. The van der Waals surface area contributed by atoms with E-state index in [1.54, 1.807) is 0 Å². The third kappa shape index (κ3) is 27.0. The topological polar surface area (TPSA) is 0 Å². The molecule has 0 rings (SSSR count). The molecule has 0 aromatic heterocycles. The Morgan fingerprint density at radius 3 is 1.50 bits per heavy atom. The molecule has 52 valence electrons. The summed E-state index contributed by atoms with van der Waals surface area (Å²) in [6.07, 6.45) is 2.54. The van der Waals surface area contributed by atoms with Crippen LogP contribution >= 0.6 is 38.5 Å². The number of hydrogen-bond acceptors (Lipinski definition) is 0. The summed E-state index contributed by atoms with van der Waals surface area (Å²) in [5, 5.41) is 1.13. The van der Waals surface area contributed by atoms with Crippen LogP contribution in [-0.2, 0) is 0 Å². The molecule has 0 aromatic rings. The molecule has 0 atom stereocenters. The van der Waals surface area contributed by atoms with Crippen molar-refractivity contribution in [2.24, 2.45) is 0 Å². The van der Waals surface area contributed by atoms with Crippen molar-refractivity contribution in [1.29, 1.82) is 0 Å². The molecule has 0 amide bonds. The third-order valence-electron chi connectivity index (χ3n) is 0.378. The van der Waals surface area contributed by atoms with Crippen LogP contribution in [0.2, 0.25) is 0 Å². The van der Waals surface area contributed by atoms with Crippen LogP contribution in [0.25, 0.3) is 0 Å². The lowest BCUT2D eigenvalue weighted by Crippen LogP contribution is -1.54. The van der Waals surface area contributed by atoms with E-state index in [1.807, 2.05) is 0 Å². The second kappa shape index (κ2) is 15.7. The first-order valence-corrected chi connectivity index (χ1v) is 5.60. The lowest BCUT2D eigenvalue weighted by atomic mass is 10.6. The molecule has 0 N–H and O–H groups in total. The molecule has 0 aliphatic rings. The van der Waals surface area contributed by atoms with Crippen LogP contribution < -0.4 is 0 Å². The highest BCUT2D eigenvalue weighted by Gasteiger charge is 1.59. The highest BCUT2D eigenvalue weighted by Crippen LogP contribution is 1.81. The number of rotatable bonds is 2. The maximum Gasteiger partial charge on any atom is 0.00286 e. The van der Waals surface area contributed by atoms with E-state index >= 15 is 0 Å². The molecule has 0 saturated carbocycles. The van der Waals surface area contributed by atoms with Crippen molar-refractivity contribution >= 4 is 38.5 Å². The van der Waals surface area contributed by atoms with Gasteiger partial charge >= 0.3 is 0 Å². The summed E-state index contributed by atoms with van der Waals surface area (Å²) in [4.78, 5) is 0. The second-order valence-corrected chi connectivity index (χ2v) is 3.25. The highest BCUT2D eigenvalue weighted by molar-refractivity contribution is 14.1. The van der Waals surface area contributed by atoms with Crippen molar-refractivity contribution in [2.75, 3.05) is 9.76 Å². The maximum atomic E-state index is 3.25. The fourth-order valence-corrected chi connectivity index (χ4v) is 0. The van der Waals surface area contributed by atoms with Crippen LogP contribution in [0.1, 0.15) is 26.7 Å². The molecule has 0 fully saturated rings. The molecule has 0 aliphatic heterocycles. The molecule has 2 heteroatoms. The van der Waals surface area contributed by atoms with Crippen molar-refractivity contribution in [3.8, 4) is 0 Å². The molecular formula is C6H14BrI.